The molecule has 8 heteroatoms. The molecule has 0 bridgehead atoms. The summed E-state index contributed by atoms with van der Waals surface area (Å²) in [5, 5.41) is 4.51. The second kappa shape index (κ2) is 9.95. The van der Waals surface area contributed by atoms with Gasteiger partial charge in [0.1, 0.15) is 5.56 Å². The monoisotopic (exact) mass is 505 g/mol. The van der Waals surface area contributed by atoms with E-state index in [1.54, 1.807) is 11.6 Å². The van der Waals surface area contributed by atoms with Crippen LogP contribution >= 0.6 is 15.9 Å². The third-order valence-corrected chi connectivity index (χ3v) is 5.56. The smallest absolute Gasteiger partial charge is 0.343 e. The zero-order valence-electron chi connectivity index (χ0n) is 18.7. The maximum Gasteiger partial charge on any atom is 0.343 e. The highest BCUT2D eigenvalue weighted by Gasteiger charge is 2.23. The Balaban J connectivity index is 1.88. The van der Waals surface area contributed by atoms with Crippen LogP contribution < -0.4 is 4.90 Å². The van der Waals surface area contributed by atoms with Crippen molar-refractivity contribution in [1.29, 1.82) is 0 Å². The number of rotatable bonds is 7. The fraction of sp³-hybridized carbons (Fsp3) is 0.200. The number of para-hydroxylation sites is 1. The van der Waals surface area contributed by atoms with Crippen molar-refractivity contribution < 1.29 is 9.53 Å². The molecule has 0 N–H and O–H groups in total. The lowest BCUT2D eigenvalue weighted by Gasteiger charge is -2.26. The molecule has 0 spiro atoms. The number of carbonyl (C=O) groups is 1. The van der Waals surface area contributed by atoms with E-state index in [9.17, 15) is 4.79 Å². The van der Waals surface area contributed by atoms with Crippen LogP contribution in [0.2, 0.25) is 0 Å². The van der Waals surface area contributed by atoms with Crippen molar-refractivity contribution in [3.05, 3.63) is 93.8 Å². The first-order valence-corrected chi connectivity index (χ1v) is 11.4. The summed E-state index contributed by atoms with van der Waals surface area (Å²) in [5.74, 6) is 0.379. The first kappa shape index (κ1) is 22.7. The van der Waals surface area contributed by atoms with Gasteiger partial charge in [0.25, 0.3) is 5.95 Å². The molecule has 2 aromatic carbocycles. The highest BCUT2D eigenvalue weighted by Crippen LogP contribution is 2.30. The Morgan fingerprint density at radius 3 is 2.45 bits per heavy atom. The molecule has 4 rings (SSSR count). The topological polar surface area (TPSA) is 73.1 Å². The maximum absolute atomic E-state index is 12.9. The summed E-state index contributed by atoms with van der Waals surface area (Å²) in [6.45, 7) is 6.40. The van der Waals surface area contributed by atoms with Gasteiger partial charge in [-0.15, -0.1) is 0 Å². The van der Waals surface area contributed by atoms with E-state index in [1.807, 2.05) is 79.4 Å². The molecule has 0 unspecified atom stereocenters. The average Bonchev–Trinajstić information content (AvgIpc) is 3.17. The van der Waals surface area contributed by atoms with Crippen LogP contribution in [0.4, 0.5) is 11.5 Å². The second-order valence-corrected chi connectivity index (χ2v) is 8.43. The summed E-state index contributed by atoms with van der Waals surface area (Å²) >= 11 is 3.49. The van der Waals surface area contributed by atoms with Gasteiger partial charge >= 0.3 is 5.97 Å². The number of benzene rings is 2. The minimum atomic E-state index is -0.468. The molecule has 0 fully saturated rings. The third-order valence-electron chi connectivity index (χ3n) is 5.03. The van der Waals surface area contributed by atoms with Crippen LogP contribution in [-0.4, -0.2) is 32.3 Å². The number of nitrogens with zero attached hydrogens (tertiary/aromatic N) is 5. The molecule has 0 atom stereocenters. The van der Waals surface area contributed by atoms with Crippen molar-refractivity contribution in [3.8, 4) is 5.95 Å². The first-order chi connectivity index (χ1) is 16.0. The Labute approximate surface area is 201 Å². The maximum atomic E-state index is 12.9. The van der Waals surface area contributed by atoms with Crippen LogP contribution in [0, 0.1) is 13.8 Å². The fourth-order valence-electron chi connectivity index (χ4n) is 3.52. The van der Waals surface area contributed by atoms with E-state index in [1.165, 1.54) is 6.20 Å². The molecule has 0 saturated carbocycles. The number of hydrogen-bond acceptors (Lipinski definition) is 6. The lowest BCUT2D eigenvalue weighted by atomic mass is 10.1. The van der Waals surface area contributed by atoms with Gasteiger partial charge in [0, 0.05) is 28.6 Å². The number of hydrogen-bond donors (Lipinski definition) is 0. The van der Waals surface area contributed by atoms with Gasteiger partial charge in [-0.3, -0.25) is 0 Å². The van der Waals surface area contributed by atoms with Crippen molar-refractivity contribution in [2.75, 3.05) is 11.5 Å². The van der Waals surface area contributed by atoms with Gasteiger partial charge in [0.05, 0.1) is 12.3 Å². The Bertz CT molecular complexity index is 1260. The minimum absolute atomic E-state index is 0.259. The van der Waals surface area contributed by atoms with Gasteiger partial charge in [-0.1, -0.05) is 46.3 Å². The second-order valence-electron chi connectivity index (χ2n) is 7.51. The zero-order chi connectivity index (χ0) is 23.4. The normalized spacial score (nSPS) is 10.8. The molecule has 7 nitrogen and oxygen atoms in total. The van der Waals surface area contributed by atoms with E-state index in [0.29, 0.717) is 23.9 Å². The number of aryl methyl sites for hydroxylation is 2. The van der Waals surface area contributed by atoms with E-state index in [2.05, 4.69) is 26.0 Å². The van der Waals surface area contributed by atoms with E-state index in [4.69, 9.17) is 9.72 Å². The molecule has 168 valence electrons. The van der Waals surface area contributed by atoms with Crippen LogP contribution in [0.15, 0.2) is 71.3 Å². The summed E-state index contributed by atoms with van der Waals surface area (Å²) in [4.78, 5) is 24.1. The number of carbonyl (C=O) groups excluding carboxylic acids is 1. The van der Waals surface area contributed by atoms with Crippen molar-refractivity contribution >= 4 is 33.4 Å². The summed E-state index contributed by atoms with van der Waals surface area (Å²) in [6.07, 6.45) is 1.52. The highest BCUT2D eigenvalue weighted by molar-refractivity contribution is 9.10. The fourth-order valence-corrected chi connectivity index (χ4v) is 3.79. The number of esters is 1. The lowest BCUT2D eigenvalue weighted by Crippen LogP contribution is -2.23. The molecule has 2 aromatic heterocycles. The van der Waals surface area contributed by atoms with Crippen molar-refractivity contribution in [2.45, 2.75) is 27.3 Å². The zero-order valence-corrected chi connectivity index (χ0v) is 20.3. The van der Waals surface area contributed by atoms with Crippen LogP contribution in [0.1, 0.15) is 34.2 Å². The minimum Gasteiger partial charge on any atom is -0.462 e. The number of anilines is 2. The van der Waals surface area contributed by atoms with Crippen molar-refractivity contribution in [3.63, 3.8) is 0 Å². The number of halogens is 1. The van der Waals surface area contributed by atoms with E-state index in [0.717, 1.165) is 27.1 Å². The molecule has 0 aliphatic carbocycles. The molecule has 0 aliphatic heterocycles. The Kier molecular flexibility index (Phi) is 6.84. The number of aromatic nitrogens is 4. The van der Waals surface area contributed by atoms with Crippen LogP contribution in [0.25, 0.3) is 5.95 Å². The SMILES string of the molecule is CCOC(=O)c1cnc(-n2nc(C)cc2C)nc1N(Cc1ccc(Br)cc1)c1ccccc1. The van der Waals surface area contributed by atoms with E-state index in [-0.39, 0.29) is 6.61 Å². The largest absolute Gasteiger partial charge is 0.462 e. The molecule has 0 amide bonds. The van der Waals surface area contributed by atoms with Crippen LogP contribution in [0.3, 0.4) is 0 Å². The number of ether oxygens (including phenoxy) is 1. The quantitative estimate of drug-likeness (QED) is 0.306. The van der Waals surface area contributed by atoms with E-state index >= 15 is 0 Å². The third kappa shape index (κ3) is 5.12. The van der Waals surface area contributed by atoms with Gasteiger partial charge in [-0.05, 0) is 56.7 Å². The predicted molar refractivity (Wildman–Crippen MR) is 131 cm³/mol. The van der Waals surface area contributed by atoms with Gasteiger partial charge in [0.2, 0.25) is 0 Å². The van der Waals surface area contributed by atoms with Crippen LogP contribution in [0.5, 0.6) is 0 Å². The molecular weight excluding hydrogens is 482 g/mol. The van der Waals surface area contributed by atoms with Crippen molar-refractivity contribution in [1.82, 2.24) is 19.7 Å². The van der Waals surface area contributed by atoms with Gasteiger partial charge < -0.3 is 9.64 Å². The summed E-state index contributed by atoms with van der Waals surface area (Å²) in [6, 6.07) is 19.8. The lowest BCUT2D eigenvalue weighted by molar-refractivity contribution is 0.0526. The van der Waals surface area contributed by atoms with Gasteiger partial charge in [-0.2, -0.15) is 10.1 Å². The summed E-state index contributed by atoms with van der Waals surface area (Å²) in [5.41, 5.74) is 4.01. The molecule has 2 heterocycles. The van der Waals surface area contributed by atoms with Gasteiger partial charge in [-0.25, -0.2) is 14.5 Å². The highest BCUT2D eigenvalue weighted by atomic mass is 79.9. The standard InChI is InChI=1S/C25H24BrN5O2/c1-4-33-24(32)22-15-27-25(31-18(3)14-17(2)29-31)28-23(22)30(21-8-6-5-7-9-21)16-19-10-12-20(26)13-11-19/h5-15H,4,16H2,1-3H3. The Morgan fingerprint density at radius 1 is 1.09 bits per heavy atom. The van der Waals surface area contributed by atoms with Crippen LogP contribution in [-0.2, 0) is 11.3 Å². The summed E-state index contributed by atoms with van der Waals surface area (Å²) in [7, 11) is 0. The molecule has 0 aliphatic rings. The Hall–Kier alpha value is -3.52. The first-order valence-electron chi connectivity index (χ1n) is 10.6. The van der Waals surface area contributed by atoms with E-state index < -0.39 is 5.97 Å². The predicted octanol–water partition coefficient (Wildman–Crippen LogP) is 5.56. The van der Waals surface area contributed by atoms with Crippen molar-refractivity contribution in [2.24, 2.45) is 0 Å². The molecule has 33 heavy (non-hydrogen) atoms. The molecular formula is C25H24BrN5O2. The molecule has 0 radical (unpaired) electrons. The Morgan fingerprint density at radius 2 is 1.82 bits per heavy atom. The summed E-state index contributed by atoms with van der Waals surface area (Å²) < 4.78 is 8.00. The molecule has 4 aromatic rings. The average molecular weight is 506 g/mol. The van der Waals surface area contributed by atoms with Gasteiger partial charge in [0.15, 0.2) is 5.82 Å². The molecule has 0 saturated heterocycles.